The van der Waals surface area contributed by atoms with Crippen LogP contribution in [0.25, 0.3) is 16.8 Å². The highest BCUT2D eigenvalue weighted by Gasteiger charge is 2.46. The fraction of sp³-hybridized carbons (Fsp3) is 0.480. The molecule has 0 radical (unpaired) electrons. The van der Waals surface area contributed by atoms with Gasteiger partial charge in [0, 0.05) is 24.2 Å². The second-order valence-electron chi connectivity index (χ2n) is 10.6. The van der Waals surface area contributed by atoms with Gasteiger partial charge in [0.2, 0.25) is 6.41 Å². The summed E-state index contributed by atoms with van der Waals surface area (Å²) < 4.78 is 7.38. The Bertz CT molecular complexity index is 1280. The predicted molar refractivity (Wildman–Crippen MR) is 129 cm³/mol. The molecular formula is C25H29N7O3. The van der Waals surface area contributed by atoms with E-state index in [1.807, 2.05) is 0 Å². The normalized spacial score (nSPS) is 23.8. The molecular weight excluding hydrogens is 446 g/mol. The van der Waals surface area contributed by atoms with Crippen molar-refractivity contribution in [3.8, 4) is 23.1 Å². The van der Waals surface area contributed by atoms with E-state index in [0.717, 1.165) is 38.2 Å². The number of ether oxygens (including phenoxy) is 1. The van der Waals surface area contributed by atoms with Crippen LogP contribution in [0.1, 0.15) is 39.2 Å². The highest BCUT2D eigenvalue weighted by atomic mass is 16.5. The molecule has 0 spiro atoms. The summed E-state index contributed by atoms with van der Waals surface area (Å²) in [5.41, 5.74) is 1.23. The molecule has 2 N–H and O–H groups in total. The largest absolute Gasteiger partial charge is 0.489 e. The number of hydrogen-bond acceptors (Lipinski definition) is 8. The lowest BCUT2D eigenvalue weighted by molar-refractivity contribution is -0.111. The van der Waals surface area contributed by atoms with Gasteiger partial charge < -0.3 is 20.1 Å². The van der Waals surface area contributed by atoms with Crippen LogP contribution in [0.2, 0.25) is 0 Å². The third-order valence-electron chi connectivity index (χ3n) is 6.95. The Kier molecular flexibility index (Phi) is 5.60. The van der Waals surface area contributed by atoms with E-state index < -0.39 is 5.60 Å². The molecule has 1 aliphatic heterocycles. The van der Waals surface area contributed by atoms with E-state index in [9.17, 15) is 15.2 Å². The molecule has 5 rings (SSSR count). The molecule has 3 aromatic heterocycles. The van der Waals surface area contributed by atoms with Gasteiger partial charge in [0.05, 0.1) is 47.2 Å². The Morgan fingerprint density at radius 2 is 2.03 bits per heavy atom. The van der Waals surface area contributed by atoms with Crippen LogP contribution in [0.5, 0.6) is 5.75 Å². The first-order chi connectivity index (χ1) is 16.7. The lowest BCUT2D eigenvalue weighted by atomic mass is 9.98. The molecule has 1 saturated heterocycles. The number of hydrogen-bond donors (Lipinski definition) is 2. The van der Waals surface area contributed by atoms with Crippen molar-refractivity contribution in [3.05, 3.63) is 36.4 Å². The molecule has 1 aliphatic carbocycles. The van der Waals surface area contributed by atoms with Crippen molar-refractivity contribution in [2.24, 2.45) is 11.8 Å². The lowest BCUT2D eigenvalue weighted by Crippen LogP contribution is -2.40. The summed E-state index contributed by atoms with van der Waals surface area (Å²) in [4.78, 5) is 22.6. The number of nitriles is 1. The Morgan fingerprint density at radius 1 is 1.29 bits per heavy atom. The zero-order valence-electron chi connectivity index (χ0n) is 20.1. The van der Waals surface area contributed by atoms with Crippen LogP contribution < -0.4 is 15.0 Å². The van der Waals surface area contributed by atoms with E-state index in [2.05, 4.69) is 33.3 Å². The molecule has 3 aromatic rings. The number of aromatic nitrogens is 4. The summed E-state index contributed by atoms with van der Waals surface area (Å²) in [6.07, 6.45) is 9.41. The molecule has 4 heterocycles. The van der Waals surface area contributed by atoms with Gasteiger partial charge in [-0.1, -0.05) is 0 Å². The molecule has 2 aliphatic rings. The van der Waals surface area contributed by atoms with Crippen LogP contribution in [0.15, 0.2) is 30.9 Å². The van der Waals surface area contributed by atoms with Crippen molar-refractivity contribution in [2.45, 2.75) is 44.8 Å². The fourth-order valence-electron chi connectivity index (χ4n) is 5.43. The number of nitrogens with one attached hydrogen (secondary N) is 1. The second kappa shape index (κ2) is 8.50. The number of carbonyl (C=O) groups excluding carboxylic acids is 1. The van der Waals surface area contributed by atoms with Crippen LogP contribution in [0.3, 0.4) is 0 Å². The minimum atomic E-state index is -0.993. The quantitative estimate of drug-likeness (QED) is 0.498. The van der Waals surface area contributed by atoms with Crippen molar-refractivity contribution < 1.29 is 14.6 Å². The predicted octanol–water partition coefficient (Wildman–Crippen LogP) is 2.16. The van der Waals surface area contributed by atoms with Crippen molar-refractivity contribution in [3.63, 3.8) is 0 Å². The zero-order valence-corrected chi connectivity index (χ0v) is 20.1. The second-order valence-corrected chi connectivity index (χ2v) is 10.6. The summed E-state index contributed by atoms with van der Waals surface area (Å²) in [5.74, 6) is 2.35. The van der Waals surface area contributed by atoms with Crippen LogP contribution in [-0.4, -0.2) is 61.9 Å². The van der Waals surface area contributed by atoms with Crippen LogP contribution in [0.4, 0.5) is 5.82 Å². The van der Waals surface area contributed by atoms with Gasteiger partial charge in [0.25, 0.3) is 0 Å². The number of rotatable bonds is 7. The standard InChI is InChI=1S/C25H29N7O3/c1-24(2,34)14-35-19-4-20(23-18(7-26)8-30-32(23)13-19)21-9-28-22(10-27-21)31-11-16-5-25(3,29-15-33)6-17(16)12-31/h4,8-10,13,15-17,34H,5-6,11-12,14H2,1-3H3,(H,29,33)/t16-,17+,25?. The van der Waals surface area contributed by atoms with Gasteiger partial charge in [-0.25, -0.2) is 9.50 Å². The van der Waals surface area contributed by atoms with Gasteiger partial charge >= 0.3 is 0 Å². The van der Waals surface area contributed by atoms with E-state index in [1.54, 1.807) is 43.0 Å². The molecule has 0 bridgehead atoms. The van der Waals surface area contributed by atoms with Gasteiger partial charge in [-0.05, 0) is 51.5 Å². The highest BCUT2D eigenvalue weighted by molar-refractivity contribution is 5.83. The van der Waals surface area contributed by atoms with Crippen molar-refractivity contribution in [1.29, 1.82) is 5.26 Å². The van der Waals surface area contributed by atoms with Crippen molar-refractivity contribution in [1.82, 2.24) is 24.9 Å². The SMILES string of the molecule is CC(C)(O)COc1cc(-c2cnc(N3C[C@@H]4CC(C)(NC=O)C[C@@H]4C3)cn2)c2c(C#N)cnn2c1. The molecule has 1 amide bonds. The van der Waals surface area contributed by atoms with Crippen LogP contribution in [-0.2, 0) is 4.79 Å². The Labute approximate surface area is 203 Å². The van der Waals surface area contributed by atoms with E-state index in [1.165, 1.54) is 6.20 Å². The minimum absolute atomic E-state index is 0.105. The smallest absolute Gasteiger partial charge is 0.207 e. The topological polar surface area (TPSA) is 129 Å². The van der Waals surface area contributed by atoms with Gasteiger partial charge in [-0.2, -0.15) is 10.4 Å². The number of carbonyl (C=O) groups is 1. The number of aliphatic hydroxyl groups is 1. The first-order valence-corrected chi connectivity index (χ1v) is 11.7. The number of amides is 1. The molecule has 0 aromatic carbocycles. The fourth-order valence-corrected chi connectivity index (χ4v) is 5.43. The number of anilines is 1. The Morgan fingerprint density at radius 3 is 2.63 bits per heavy atom. The summed E-state index contributed by atoms with van der Waals surface area (Å²) in [5, 5.41) is 26.9. The maximum Gasteiger partial charge on any atom is 0.207 e. The van der Waals surface area contributed by atoms with Crippen molar-refractivity contribution in [2.75, 3.05) is 24.6 Å². The summed E-state index contributed by atoms with van der Waals surface area (Å²) in [7, 11) is 0. The number of fused-ring (bicyclic) bond motifs is 2. The average Bonchev–Trinajstić information content (AvgIpc) is 3.48. The van der Waals surface area contributed by atoms with Gasteiger partial charge in [0.1, 0.15) is 24.2 Å². The van der Waals surface area contributed by atoms with Gasteiger partial charge in [-0.3, -0.25) is 9.78 Å². The highest BCUT2D eigenvalue weighted by Crippen LogP contribution is 2.44. The number of nitrogens with zero attached hydrogens (tertiary/aromatic N) is 6. The Hall–Kier alpha value is -3.71. The van der Waals surface area contributed by atoms with E-state index in [0.29, 0.717) is 39.9 Å². The third-order valence-corrected chi connectivity index (χ3v) is 6.95. The molecule has 182 valence electrons. The summed E-state index contributed by atoms with van der Waals surface area (Å²) >= 11 is 0. The van der Waals surface area contributed by atoms with Crippen LogP contribution >= 0.6 is 0 Å². The summed E-state index contributed by atoms with van der Waals surface area (Å²) in [6, 6.07) is 3.98. The van der Waals surface area contributed by atoms with Gasteiger partial charge in [0.15, 0.2) is 0 Å². The molecule has 1 unspecified atom stereocenters. The van der Waals surface area contributed by atoms with E-state index >= 15 is 0 Å². The van der Waals surface area contributed by atoms with E-state index in [-0.39, 0.29) is 12.1 Å². The Balaban J connectivity index is 1.40. The maximum atomic E-state index is 10.9. The van der Waals surface area contributed by atoms with Crippen LogP contribution in [0, 0.1) is 23.2 Å². The maximum absolute atomic E-state index is 10.9. The minimum Gasteiger partial charge on any atom is -0.489 e. The van der Waals surface area contributed by atoms with E-state index in [4.69, 9.17) is 9.72 Å². The van der Waals surface area contributed by atoms with Gasteiger partial charge in [-0.15, -0.1) is 0 Å². The average molecular weight is 476 g/mol. The molecule has 10 heteroatoms. The first kappa shape index (κ1) is 23.1. The summed E-state index contributed by atoms with van der Waals surface area (Å²) in [6.45, 7) is 7.34. The molecule has 1 saturated carbocycles. The third kappa shape index (κ3) is 4.51. The zero-order chi connectivity index (χ0) is 24.8. The monoisotopic (exact) mass is 475 g/mol. The number of pyridine rings is 1. The molecule has 10 nitrogen and oxygen atoms in total. The first-order valence-electron chi connectivity index (χ1n) is 11.7. The molecule has 35 heavy (non-hydrogen) atoms. The van der Waals surface area contributed by atoms with Crippen molar-refractivity contribution >= 4 is 17.7 Å². The molecule has 3 atom stereocenters. The molecule has 2 fully saturated rings. The lowest BCUT2D eigenvalue weighted by Gasteiger charge is -2.26.